The summed E-state index contributed by atoms with van der Waals surface area (Å²) < 4.78 is 13.4. The van der Waals surface area contributed by atoms with E-state index < -0.39 is 0 Å². The molecule has 1 saturated carbocycles. The van der Waals surface area contributed by atoms with Crippen molar-refractivity contribution in [3.63, 3.8) is 0 Å². The number of fused-ring (bicyclic) bond motifs is 6. The monoisotopic (exact) mass is 673 g/mol. The second-order valence-electron chi connectivity index (χ2n) is 19.1. The van der Waals surface area contributed by atoms with Crippen molar-refractivity contribution < 1.29 is 9.47 Å². The van der Waals surface area contributed by atoms with Crippen molar-refractivity contribution in [2.24, 2.45) is 22.7 Å². The standard InChI is InChI=1S/C47H52BNO2/c1-27-21-33-35(46(7,8)18-16-44(33,3)4)25-31(27)29-11-13-37-40(23-29)50-39-15-20-49-43-42(39)48(37)38-14-12-30(24-41(38)51-43)32-26-36-34(22-28(32)2)45(5,6)17-19-47(36,9)10/h11-15,20-26,34,36H,16-19H2,1-10H3. The summed E-state index contributed by atoms with van der Waals surface area (Å²) in [6, 6.07) is 20.7. The van der Waals surface area contributed by atoms with Gasteiger partial charge in [-0.25, -0.2) is 4.98 Å². The normalized spacial score (nSPS) is 23.9. The zero-order valence-electron chi connectivity index (χ0n) is 32.3. The minimum atomic E-state index is -0.0110. The molecule has 0 spiro atoms. The first kappa shape index (κ1) is 32.8. The maximum absolute atomic E-state index is 6.71. The summed E-state index contributed by atoms with van der Waals surface area (Å²) in [5.41, 5.74) is 15.0. The summed E-state index contributed by atoms with van der Waals surface area (Å²) in [5.74, 6) is 4.35. The number of benzene rings is 3. The molecule has 51 heavy (non-hydrogen) atoms. The second-order valence-corrected chi connectivity index (χ2v) is 19.1. The van der Waals surface area contributed by atoms with E-state index in [4.69, 9.17) is 14.5 Å². The average molecular weight is 674 g/mol. The predicted molar refractivity (Wildman–Crippen MR) is 213 cm³/mol. The number of hydrogen-bond donors (Lipinski definition) is 0. The molecular formula is C47H52BNO2. The van der Waals surface area contributed by atoms with Crippen LogP contribution in [0.15, 0.2) is 78.5 Å². The molecule has 3 heterocycles. The van der Waals surface area contributed by atoms with Crippen molar-refractivity contribution in [1.82, 2.24) is 4.98 Å². The van der Waals surface area contributed by atoms with Gasteiger partial charge >= 0.3 is 0 Å². The van der Waals surface area contributed by atoms with Gasteiger partial charge < -0.3 is 9.47 Å². The quantitative estimate of drug-likeness (QED) is 0.172. The summed E-state index contributed by atoms with van der Waals surface area (Å²) in [7, 11) is 0. The lowest BCUT2D eigenvalue weighted by atomic mass is 9.35. The Balaban J connectivity index is 1.12. The van der Waals surface area contributed by atoms with Gasteiger partial charge in [-0.15, -0.1) is 0 Å². The van der Waals surface area contributed by atoms with E-state index in [0.29, 0.717) is 23.1 Å². The van der Waals surface area contributed by atoms with Crippen LogP contribution in [0.5, 0.6) is 23.1 Å². The van der Waals surface area contributed by atoms with Crippen LogP contribution in [-0.4, -0.2) is 11.7 Å². The van der Waals surface area contributed by atoms with E-state index in [1.807, 2.05) is 12.3 Å². The number of pyridine rings is 1. The molecule has 1 fully saturated rings. The Hall–Kier alpha value is -4.05. The van der Waals surface area contributed by atoms with E-state index >= 15 is 0 Å². The van der Waals surface area contributed by atoms with Gasteiger partial charge in [-0.05, 0) is 147 Å². The average Bonchev–Trinajstić information content (AvgIpc) is 3.08. The van der Waals surface area contributed by atoms with E-state index in [9.17, 15) is 0 Å². The molecule has 0 amide bonds. The molecule has 1 aromatic heterocycles. The summed E-state index contributed by atoms with van der Waals surface area (Å²) in [6.07, 6.45) is 11.9. The lowest BCUT2D eigenvalue weighted by Crippen LogP contribution is -2.57. The van der Waals surface area contributed by atoms with Crippen molar-refractivity contribution in [2.45, 2.75) is 106 Å². The lowest BCUT2D eigenvalue weighted by molar-refractivity contribution is 0.0332. The molecule has 9 rings (SSSR count). The summed E-state index contributed by atoms with van der Waals surface area (Å²) >= 11 is 0. The zero-order chi connectivity index (χ0) is 35.8. The summed E-state index contributed by atoms with van der Waals surface area (Å²) in [6.45, 7) is 24.0. The molecule has 5 aliphatic rings. The molecule has 2 atom stereocenters. The minimum Gasteiger partial charge on any atom is -0.458 e. The smallest absolute Gasteiger partial charge is 0.262 e. The fourth-order valence-corrected chi connectivity index (χ4v) is 10.3. The minimum absolute atomic E-state index is 0.0110. The molecule has 0 saturated heterocycles. The third kappa shape index (κ3) is 4.95. The van der Waals surface area contributed by atoms with Crippen molar-refractivity contribution in [3.8, 4) is 34.3 Å². The molecule has 3 nitrogen and oxygen atoms in total. The Bertz CT molecular complexity index is 2220. The molecule has 0 radical (unpaired) electrons. The van der Waals surface area contributed by atoms with Crippen LogP contribution in [0.3, 0.4) is 0 Å². The molecule has 4 aromatic rings. The maximum Gasteiger partial charge on any atom is 0.262 e. The van der Waals surface area contributed by atoms with Gasteiger partial charge in [-0.3, -0.25) is 0 Å². The number of rotatable bonds is 2. The number of aryl methyl sites for hydroxylation is 1. The first-order chi connectivity index (χ1) is 24.0. The van der Waals surface area contributed by atoms with Gasteiger partial charge in [0.05, 0.1) is 0 Å². The highest BCUT2D eigenvalue weighted by molar-refractivity contribution is 6.98. The van der Waals surface area contributed by atoms with E-state index in [1.54, 1.807) is 0 Å². The van der Waals surface area contributed by atoms with Gasteiger partial charge in [0.15, 0.2) is 0 Å². The molecule has 0 N–H and O–H groups in total. The number of aromatic nitrogens is 1. The van der Waals surface area contributed by atoms with Crippen molar-refractivity contribution in [1.29, 1.82) is 0 Å². The highest BCUT2D eigenvalue weighted by atomic mass is 16.5. The third-order valence-corrected chi connectivity index (χ3v) is 13.9. The van der Waals surface area contributed by atoms with E-state index in [1.165, 1.54) is 75.7 Å². The fourth-order valence-electron chi connectivity index (χ4n) is 10.3. The van der Waals surface area contributed by atoms with Crippen LogP contribution in [0.1, 0.15) is 110 Å². The third-order valence-electron chi connectivity index (χ3n) is 13.9. The Morgan fingerprint density at radius 1 is 0.627 bits per heavy atom. The Morgan fingerprint density at radius 3 is 1.90 bits per heavy atom. The Kier molecular flexibility index (Phi) is 6.92. The first-order valence-corrected chi connectivity index (χ1v) is 19.2. The molecule has 3 aromatic carbocycles. The SMILES string of the molecule is CC1=CC2C(C=C1c1ccc3c(c1)Oc1nccc4c1B3c1ccc(-c3cc5c(cc3C)C(C)(C)CCC5(C)C)cc1O4)C(C)(C)CCC2(C)C. The van der Waals surface area contributed by atoms with Gasteiger partial charge in [0.2, 0.25) is 5.88 Å². The van der Waals surface area contributed by atoms with E-state index in [0.717, 1.165) is 28.2 Å². The molecule has 4 heteroatoms. The number of hydrogen-bond acceptors (Lipinski definition) is 3. The van der Waals surface area contributed by atoms with Crippen LogP contribution in [0.25, 0.3) is 16.7 Å². The highest BCUT2D eigenvalue weighted by Crippen LogP contribution is 2.57. The topological polar surface area (TPSA) is 31.4 Å². The van der Waals surface area contributed by atoms with Crippen molar-refractivity contribution >= 4 is 28.7 Å². The molecule has 3 aliphatic carbocycles. The molecule has 0 bridgehead atoms. The predicted octanol–water partition coefficient (Wildman–Crippen LogP) is 10.6. The fraction of sp³-hybridized carbons (Fsp3) is 0.426. The number of allylic oxidation sites excluding steroid dienone is 4. The molecule has 2 aliphatic heterocycles. The second kappa shape index (κ2) is 10.7. The van der Waals surface area contributed by atoms with Crippen LogP contribution >= 0.6 is 0 Å². The maximum atomic E-state index is 6.71. The van der Waals surface area contributed by atoms with Crippen LogP contribution < -0.4 is 25.9 Å². The largest absolute Gasteiger partial charge is 0.458 e. The Morgan fingerprint density at radius 2 is 1.22 bits per heavy atom. The van der Waals surface area contributed by atoms with Gasteiger partial charge in [-0.2, -0.15) is 0 Å². The van der Waals surface area contributed by atoms with Crippen LogP contribution in [0, 0.1) is 29.6 Å². The Labute approximate surface area is 305 Å². The van der Waals surface area contributed by atoms with Crippen molar-refractivity contribution in [3.05, 3.63) is 101 Å². The van der Waals surface area contributed by atoms with Crippen LogP contribution in [-0.2, 0) is 10.8 Å². The molecule has 2 unspecified atom stereocenters. The number of nitrogens with zero attached hydrogens (tertiary/aromatic N) is 1. The van der Waals surface area contributed by atoms with E-state index in [-0.39, 0.29) is 23.0 Å². The van der Waals surface area contributed by atoms with Crippen molar-refractivity contribution in [2.75, 3.05) is 0 Å². The highest BCUT2D eigenvalue weighted by Gasteiger charge is 2.48. The van der Waals surface area contributed by atoms with Gasteiger partial charge in [-0.1, -0.05) is 104 Å². The van der Waals surface area contributed by atoms with Crippen LogP contribution in [0.4, 0.5) is 0 Å². The lowest BCUT2D eigenvalue weighted by Gasteiger charge is -2.52. The molecule has 260 valence electrons. The van der Waals surface area contributed by atoms with Gasteiger partial charge in [0.1, 0.15) is 17.2 Å². The van der Waals surface area contributed by atoms with E-state index in [2.05, 4.69) is 130 Å². The summed E-state index contributed by atoms with van der Waals surface area (Å²) in [5, 5.41) is 0. The number of ether oxygens (including phenoxy) is 2. The molecular weight excluding hydrogens is 621 g/mol. The zero-order valence-corrected chi connectivity index (χ0v) is 32.3. The van der Waals surface area contributed by atoms with Gasteiger partial charge in [0, 0.05) is 11.7 Å². The van der Waals surface area contributed by atoms with Crippen LogP contribution in [0.2, 0.25) is 0 Å². The van der Waals surface area contributed by atoms with Gasteiger partial charge in [0.25, 0.3) is 6.71 Å². The summed E-state index contributed by atoms with van der Waals surface area (Å²) in [4.78, 5) is 4.74. The first-order valence-electron chi connectivity index (χ1n) is 19.2.